The third-order valence-corrected chi connectivity index (χ3v) is 0.539. The van der Waals surface area contributed by atoms with E-state index in [1.165, 1.54) is 0 Å². The molecule has 4 heteroatoms. The van der Waals surface area contributed by atoms with Gasteiger partial charge in [-0.05, 0) is 0 Å². The van der Waals surface area contributed by atoms with Crippen LogP contribution >= 0.6 is 0 Å². The van der Waals surface area contributed by atoms with Crippen molar-refractivity contribution >= 4 is 20.4 Å². The Balaban J connectivity index is -0.0000000350. The summed E-state index contributed by atoms with van der Waals surface area (Å²) in [5, 5.41) is 0. The molecule has 0 aromatic rings. The zero-order valence-electron chi connectivity index (χ0n) is 5.52. The third-order valence-electron chi connectivity index (χ3n) is 0.204. The molecule has 0 aliphatic rings. The van der Waals surface area contributed by atoms with Gasteiger partial charge in [0, 0.05) is 0 Å². The van der Waals surface area contributed by atoms with Crippen molar-refractivity contribution < 1.29 is 32.7 Å². The Morgan fingerprint density at radius 3 is 1.27 bits per heavy atom. The molecule has 0 aliphatic carbocycles. The molecule has 0 bridgehead atoms. The first kappa shape index (κ1) is 22.5. The van der Waals surface area contributed by atoms with Crippen LogP contribution in [0.2, 0.25) is 0 Å². The predicted molar refractivity (Wildman–Crippen MR) is 36.4 cm³/mol. The first-order valence-electron chi connectivity index (χ1n) is 1.89. The summed E-state index contributed by atoms with van der Waals surface area (Å²) in [5.41, 5.74) is 0. The maximum atomic E-state index is 7.50. The van der Waals surface area contributed by atoms with Gasteiger partial charge in [0.25, 0.3) is 20.4 Å². The average Bonchev–Trinajstić information content (AvgIpc) is 2.16. The number of hydrogen-bond acceptors (Lipinski definition) is 3. The Labute approximate surface area is 76.9 Å². The quantitative estimate of drug-likeness (QED) is 0.479. The Morgan fingerprint density at radius 1 is 1.00 bits per heavy atom. The van der Waals surface area contributed by atoms with Gasteiger partial charge in [0.2, 0.25) is 0 Å². The van der Waals surface area contributed by atoms with Crippen LogP contribution in [-0.4, -0.2) is 20.4 Å². The fourth-order valence-corrected chi connectivity index (χ4v) is 0.285. The van der Waals surface area contributed by atoms with E-state index in [4.69, 9.17) is 14.4 Å². The SMILES string of the molecule is C=CC=[CH][Ru].[C]=O.[C]=O.[C]=O. The summed E-state index contributed by atoms with van der Waals surface area (Å²) in [6, 6.07) is 0. The Kier molecular flexibility index (Phi) is 274. The monoisotopic (exact) mass is 239 g/mol. The van der Waals surface area contributed by atoms with Crippen molar-refractivity contribution in [1.29, 1.82) is 0 Å². The van der Waals surface area contributed by atoms with E-state index >= 15 is 0 Å². The molecule has 0 N–H and O–H groups in total. The predicted octanol–water partition coefficient (Wildman–Crippen LogP) is 0.0416. The van der Waals surface area contributed by atoms with E-state index in [2.05, 4.69) is 45.2 Å². The number of allylic oxidation sites excluding steroid dienone is 2. The molecule has 0 heterocycles. The Hall–Kier alpha value is -0.887. The van der Waals surface area contributed by atoms with Crippen LogP contribution in [0.1, 0.15) is 0 Å². The van der Waals surface area contributed by atoms with Crippen LogP contribution < -0.4 is 0 Å². The largest absolute Gasteiger partial charge is 0.281 e. The summed E-state index contributed by atoms with van der Waals surface area (Å²) >= 11 is 2.37. The van der Waals surface area contributed by atoms with E-state index < -0.39 is 0 Å². The molecule has 0 rings (SSSR count). The van der Waals surface area contributed by atoms with Crippen molar-refractivity contribution in [1.82, 2.24) is 0 Å². The van der Waals surface area contributed by atoms with Crippen molar-refractivity contribution in [3.05, 3.63) is 23.4 Å². The Bertz CT molecular complexity index is 79.0. The van der Waals surface area contributed by atoms with Gasteiger partial charge < -0.3 is 0 Å². The number of carbonyl (C=O) groups excluding carboxylic acids is 3. The van der Waals surface area contributed by atoms with E-state index in [1.54, 1.807) is 6.08 Å². The minimum absolute atomic E-state index is 1.73. The fraction of sp³-hybridized carbons (Fsp3) is 0. The van der Waals surface area contributed by atoms with E-state index in [1.807, 2.05) is 10.7 Å². The molecular weight excluding hydrogens is 233 g/mol. The molecule has 0 saturated carbocycles. The summed E-state index contributed by atoms with van der Waals surface area (Å²) in [4.78, 5) is 22.5. The molecule has 0 unspecified atom stereocenters. The van der Waals surface area contributed by atoms with E-state index in [-0.39, 0.29) is 0 Å². The summed E-state index contributed by atoms with van der Waals surface area (Å²) in [7, 11) is 0. The topological polar surface area (TPSA) is 51.2 Å². The van der Waals surface area contributed by atoms with E-state index in [9.17, 15) is 0 Å². The van der Waals surface area contributed by atoms with Crippen LogP contribution in [0.5, 0.6) is 0 Å². The van der Waals surface area contributed by atoms with Gasteiger partial charge in [0.05, 0.1) is 0 Å². The molecule has 6 radical (unpaired) electrons. The van der Waals surface area contributed by atoms with Crippen molar-refractivity contribution in [2.45, 2.75) is 0 Å². The van der Waals surface area contributed by atoms with Crippen LogP contribution in [0, 0.1) is 0 Å². The molecule has 0 saturated heterocycles. The molecule has 3 nitrogen and oxygen atoms in total. The minimum atomic E-state index is 1.73. The van der Waals surface area contributed by atoms with Gasteiger partial charge in [0.1, 0.15) is 0 Å². The summed E-state index contributed by atoms with van der Waals surface area (Å²) < 4.78 is 1.87. The van der Waals surface area contributed by atoms with Gasteiger partial charge in [-0.25, -0.2) is 0 Å². The maximum absolute atomic E-state index is 7.50. The second-order valence-corrected chi connectivity index (χ2v) is 1.13. The maximum Gasteiger partial charge on any atom is 0.281 e. The van der Waals surface area contributed by atoms with Gasteiger partial charge in [-0.15, -0.1) is 0 Å². The van der Waals surface area contributed by atoms with Gasteiger partial charge in [-0.2, -0.15) is 0 Å². The van der Waals surface area contributed by atoms with E-state index in [0.717, 1.165) is 0 Å². The standard InChI is InChI=1S/C4H5.3CO.Ru/c1-3-4-2;3*1-2;/h1,3-4H,2H2;;;;. The molecule has 59 valence electrons. The first-order chi connectivity index (χ1) is 5.41. The van der Waals surface area contributed by atoms with Crippen molar-refractivity contribution in [3.8, 4) is 0 Å². The number of hydrogen-bond donors (Lipinski definition) is 0. The molecule has 0 amide bonds. The second-order valence-electron chi connectivity index (χ2n) is 0.546. The molecule has 0 aromatic heterocycles. The molecule has 0 aromatic carbocycles. The molecule has 11 heavy (non-hydrogen) atoms. The Morgan fingerprint density at radius 2 is 1.27 bits per heavy atom. The minimum Gasteiger partial charge on any atom is -0.281 e. The summed E-state index contributed by atoms with van der Waals surface area (Å²) in [6.07, 6.45) is 3.59. The fourth-order valence-electron chi connectivity index (χ4n) is 0.0481. The van der Waals surface area contributed by atoms with Crippen LogP contribution in [0.4, 0.5) is 0 Å². The van der Waals surface area contributed by atoms with Crippen molar-refractivity contribution in [2.75, 3.05) is 0 Å². The smallest absolute Gasteiger partial charge is 0.281 e. The molecular formula is C7H5O3Ru. The molecule has 0 atom stereocenters. The zero-order chi connectivity index (χ0) is 10.1. The van der Waals surface area contributed by atoms with Crippen LogP contribution in [-0.2, 0) is 32.7 Å². The van der Waals surface area contributed by atoms with Crippen LogP contribution in [0.25, 0.3) is 0 Å². The van der Waals surface area contributed by atoms with Gasteiger partial charge in [0.15, 0.2) is 0 Å². The van der Waals surface area contributed by atoms with Gasteiger partial charge >= 0.3 is 41.7 Å². The van der Waals surface area contributed by atoms with Crippen LogP contribution in [0.3, 0.4) is 0 Å². The van der Waals surface area contributed by atoms with Crippen LogP contribution in [0.15, 0.2) is 23.4 Å². The van der Waals surface area contributed by atoms with Gasteiger partial charge in [-0.1, -0.05) is 0 Å². The summed E-state index contributed by atoms with van der Waals surface area (Å²) in [5.74, 6) is 0. The molecule has 0 spiro atoms. The van der Waals surface area contributed by atoms with Crippen molar-refractivity contribution in [2.24, 2.45) is 0 Å². The average molecular weight is 238 g/mol. The second kappa shape index (κ2) is 134. The number of rotatable bonds is 1. The molecule has 0 fully saturated rings. The van der Waals surface area contributed by atoms with Gasteiger partial charge in [-0.3, -0.25) is 14.4 Å². The normalized spacial score (nSPS) is 5.18. The first-order valence-corrected chi connectivity index (χ1v) is 2.89. The molecule has 0 aliphatic heterocycles. The van der Waals surface area contributed by atoms with E-state index in [0.29, 0.717) is 0 Å². The third kappa shape index (κ3) is 372. The summed E-state index contributed by atoms with van der Waals surface area (Å²) in [6.45, 7) is 17.0. The van der Waals surface area contributed by atoms with Crippen molar-refractivity contribution in [3.63, 3.8) is 0 Å². The zero-order valence-corrected chi connectivity index (χ0v) is 7.26.